The number of nitrogens with zero attached hydrogens (tertiary/aromatic N) is 2. The third kappa shape index (κ3) is 4.16. The molecule has 1 heterocycles. The standard InChI is InChI=1S/C24H28N2O2/c1-16(14-22(27)28)10-11-17-12-13-20-21(15-17)26-24(19-8-4-5-9-19)23(25-20)18-6-2-3-7-18/h10-15,18-19H,2-9H2,1H3,(H,27,28). The van der Waals surface area contributed by atoms with Gasteiger partial charge in [0, 0.05) is 17.9 Å². The Morgan fingerprint density at radius 1 is 0.964 bits per heavy atom. The highest BCUT2D eigenvalue weighted by molar-refractivity contribution is 5.82. The van der Waals surface area contributed by atoms with Crippen LogP contribution in [-0.4, -0.2) is 21.0 Å². The van der Waals surface area contributed by atoms with Crippen molar-refractivity contribution < 1.29 is 9.90 Å². The Bertz CT molecular complexity index is 933. The Morgan fingerprint density at radius 3 is 2.11 bits per heavy atom. The molecule has 4 rings (SSSR count). The van der Waals surface area contributed by atoms with Crippen molar-refractivity contribution in [3.05, 3.63) is 52.9 Å². The smallest absolute Gasteiger partial charge is 0.328 e. The van der Waals surface area contributed by atoms with Crippen molar-refractivity contribution >= 4 is 23.1 Å². The lowest BCUT2D eigenvalue weighted by Gasteiger charge is -2.19. The first-order valence-electron chi connectivity index (χ1n) is 10.5. The first-order chi connectivity index (χ1) is 13.6. The van der Waals surface area contributed by atoms with Crippen molar-refractivity contribution in [1.82, 2.24) is 9.97 Å². The van der Waals surface area contributed by atoms with Gasteiger partial charge in [0.1, 0.15) is 0 Å². The molecule has 2 aliphatic carbocycles. The highest BCUT2D eigenvalue weighted by Crippen LogP contribution is 2.41. The molecule has 146 valence electrons. The van der Waals surface area contributed by atoms with Crippen LogP contribution in [0, 0.1) is 0 Å². The van der Waals surface area contributed by atoms with Crippen molar-refractivity contribution in [2.75, 3.05) is 0 Å². The molecule has 0 aliphatic heterocycles. The van der Waals surface area contributed by atoms with E-state index in [1.54, 1.807) is 6.92 Å². The van der Waals surface area contributed by atoms with Gasteiger partial charge in [0.2, 0.25) is 0 Å². The summed E-state index contributed by atoms with van der Waals surface area (Å²) in [5.41, 5.74) is 6.16. The average molecular weight is 377 g/mol. The zero-order valence-electron chi connectivity index (χ0n) is 16.5. The number of allylic oxidation sites excluding steroid dienone is 2. The first-order valence-corrected chi connectivity index (χ1v) is 10.5. The number of carboxylic acid groups (broad SMARTS) is 1. The molecule has 2 saturated carbocycles. The molecule has 0 atom stereocenters. The van der Waals surface area contributed by atoms with Crippen LogP contribution in [-0.2, 0) is 4.79 Å². The van der Waals surface area contributed by atoms with Crippen molar-refractivity contribution in [1.29, 1.82) is 0 Å². The van der Waals surface area contributed by atoms with E-state index >= 15 is 0 Å². The van der Waals surface area contributed by atoms with Gasteiger partial charge in [-0.05, 0) is 55.9 Å². The normalized spacial score (nSPS) is 19.2. The molecule has 1 aromatic heterocycles. The molecule has 1 aromatic carbocycles. The van der Waals surface area contributed by atoms with Crippen molar-refractivity contribution in [2.45, 2.75) is 70.1 Å². The fourth-order valence-electron chi connectivity index (χ4n) is 4.67. The van der Waals surface area contributed by atoms with Gasteiger partial charge in [-0.1, -0.05) is 43.9 Å². The lowest BCUT2D eigenvalue weighted by Crippen LogP contribution is -2.09. The molecule has 0 radical (unpaired) electrons. The number of rotatable bonds is 5. The average Bonchev–Trinajstić information content (AvgIpc) is 3.38. The van der Waals surface area contributed by atoms with E-state index in [2.05, 4.69) is 12.1 Å². The number of carboxylic acids is 1. The molecule has 4 heteroatoms. The van der Waals surface area contributed by atoms with Crippen molar-refractivity contribution in [3.63, 3.8) is 0 Å². The Labute approximate surface area is 166 Å². The summed E-state index contributed by atoms with van der Waals surface area (Å²) in [5.74, 6) is 0.218. The molecule has 0 amide bonds. The van der Waals surface area contributed by atoms with E-state index in [0.29, 0.717) is 17.4 Å². The largest absolute Gasteiger partial charge is 0.478 e. The Morgan fingerprint density at radius 2 is 1.54 bits per heavy atom. The predicted octanol–water partition coefficient (Wildman–Crippen LogP) is 5.99. The lowest BCUT2D eigenvalue weighted by atomic mass is 9.93. The monoisotopic (exact) mass is 376 g/mol. The lowest BCUT2D eigenvalue weighted by molar-refractivity contribution is -0.131. The Hall–Kier alpha value is -2.49. The van der Waals surface area contributed by atoms with E-state index in [9.17, 15) is 4.79 Å². The zero-order chi connectivity index (χ0) is 19.5. The van der Waals surface area contributed by atoms with Gasteiger partial charge in [-0.15, -0.1) is 0 Å². The highest BCUT2D eigenvalue weighted by atomic mass is 16.4. The topological polar surface area (TPSA) is 63.1 Å². The summed E-state index contributed by atoms with van der Waals surface area (Å²) in [6.07, 6.45) is 15.2. The van der Waals surface area contributed by atoms with Crippen LogP contribution in [0.15, 0.2) is 35.9 Å². The molecule has 0 unspecified atom stereocenters. The number of fused-ring (bicyclic) bond motifs is 1. The van der Waals surface area contributed by atoms with Crippen LogP contribution in [0.4, 0.5) is 0 Å². The Balaban J connectivity index is 1.71. The molecular formula is C24H28N2O2. The SMILES string of the molecule is CC(C=Cc1ccc2nc(C3CCCC3)c(C3CCCC3)nc2c1)=CC(=O)O. The number of hydrogen-bond acceptors (Lipinski definition) is 3. The van der Waals surface area contributed by atoms with E-state index < -0.39 is 5.97 Å². The molecule has 2 aromatic rings. The molecule has 0 spiro atoms. The van der Waals surface area contributed by atoms with Crippen molar-refractivity contribution in [3.8, 4) is 0 Å². The van der Waals surface area contributed by atoms with Crippen LogP contribution in [0.25, 0.3) is 17.1 Å². The van der Waals surface area contributed by atoms with Crippen LogP contribution < -0.4 is 0 Å². The third-order valence-corrected chi connectivity index (χ3v) is 6.12. The summed E-state index contributed by atoms with van der Waals surface area (Å²) in [7, 11) is 0. The zero-order valence-corrected chi connectivity index (χ0v) is 16.5. The molecular weight excluding hydrogens is 348 g/mol. The molecule has 1 N–H and O–H groups in total. The number of carbonyl (C=O) groups is 1. The number of hydrogen-bond donors (Lipinski definition) is 1. The van der Waals surface area contributed by atoms with E-state index in [4.69, 9.17) is 15.1 Å². The van der Waals surface area contributed by atoms with Gasteiger partial charge < -0.3 is 5.11 Å². The maximum Gasteiger partial charge on any atom is 0.328 e. The maximum atomic E-state index is 10.8. The fourth-order valence-corrected chi connectivity index (χ4v) is 4.67. The number of benzene rings is 1. The van der Waals surface area contributed by atoms with E-state index in [1.807, 2.05) is 18.2 Å². The molecule has 4 nitrogen and oxygen atoms in total. The minimum absolute atomic E-state index is 0.562. The van der Waals surface area contributed by atoms with E-state index in [0.717, 1.165) is 16.6 Å². The van der Waals surface area contributed by atoms with Crippen molar-refractivity contribution in [2.24, 2.45) is 0 Å². The molecule has 0 bridgehead atoms. The summed E-state index contributed by atoms with van der Waals surface area (Å²) < 4.78 is 0. The first kappa shape index (κ1) is 18.9. The second-order valence-electron chi connectivity index (χ2n) is 8.26. The van der Waals surface area contributed by atoms with Gasteiger partial charge in [0.15, 0.2) is 0 Å². The predicted molar refractivity (Wildman–Crippen MR) is 112 cm³/mol. The summed E-state index contributed by atoms with van der Waals surface area (Å²) >= 11 is 0. The van der Waals surface area contributed by atoms with Gasteiger partial charge in [0.25, 0.3) is 0 Å². The third-order valence-electron chi connectivity index (χ3n) is 6.12. The van der Waals surface area contributed by atoms with Gasteiger partial charge in [-0.2, -0.15) is 0 Å². The second-order valence-corrected chi connectivity index (χ2v) is 8.26. The van der Waals surface area contributed by atoms with Gasteiger partial charge in [-0.3, -0.25) is 0 Å². The van der Waals surface area contributed by atoms with Gasteiger partial charge >= 0.3 is 5.97 Å². The molecule has 2 fully saturated rings. The van der Waals surface area contributed by atoms with Crippen LogP contribution in [0.3, 0.4) is 0 Å². The number of aliphatic carboxylic acids is 1. The summed E-state index contributed by atoms with van der Waals surface area (Å²) in [6, 6.07) is 6.16. The quantitative estimate of drug-likeness (QED) is 0.514. The molecule has 28 heavy (non-hydrogen) atoms. The summed E-state index contributed by atoms with van der Waals surface area (Å²) in [5, 5.41) is 8.84. The maximum absolute atomic E-state index is 10.8. The molecule has 0 saturated heterocycles. The van der Waals surface area contributed by atoms with Crippen LogP contribution >= 0.6 is 0 Å². The van der Waals surface area contributed by atoms with Gasteiger partial charge in [0.05, 0.1) is 22.4 Å². The van der Waals surface area contributed by atoms with Crippen LogP contribution in [0.5, 0.6) is 0 Å². The van der Waals surface area contributed by atoms with Crippen LogP contribution in [0.1, 0.15) is 87.1 Å². The summed E-state index contributed by atoms with van der Waals surface area (Å²) in [6.45, 7) is 1.79. The van der Waals surface area contributed by atoms with Gasteiger partial charge in [-0.25, -0.2) is 14.8 Å². The molecule has 2 aliphatic rings. The summed E-state index contributed by atoms with van der Waals surface area (Å²) in [4.78, 5) is 21.0. The highest BCUT2D eigenvalue weighted by Gasteiger charge is 2.28. The van der Waals surface area contributed by atoms with E-state index in [-0.39, 0.29) is 0 Å². The fraction of sp³-hybridized carbons (Fsp3) is 0.458. The minimum atomic E-state index is -0.924. The van der Waals surface area contributed by atoms with Crippen LogP contribution in [0.2, 0.25) is 0 Å². The minimum Gasteiger partial charge on any atom is -0.478 e. The number of aromatic nitrogens is 2. The van der Waals surface area contributed by atoms with E-state index in [1.165, 1.54) is 68.8 Å². The second kappa shape index (κ2) is 8.26. The Kier molecular flexibility index (Phi) is 5.56.